The molecule has 0 aliphatic rings. The zero-order valence-corrected chi connectivity index (χ0v) is 16.6. The van der Waals surface area contributed by atoms with Crippen molar-refractivity contribution in [3.63, 3.8) is 0 Å². The monoisotopic (exact) mass is 364 g/mol. The molecule has 26 heavy (non-hydrogen) atoms. The molecule has 0 N–H and O–H groups in total. The van der Waals surface area contributed by atoms with Crippen LogP contribution < -0.4 is 0 Å². The topological polar surface area (TPSA) is 61.8 Å². The minimum absolute atomic E-state index is 0.276. The smallest absolute Gasteiger partial charge is 0.328 e. The van der Waals surface area contributed by atoms with Gasteiger partial charge in [-0.2, -0.15) is 0 Å². The number of rotatable bonds is 11. The van der Waals surface area contributed by atoms with Crippen LogP contribution in [0.4, 0.5) is 0 Å². The number of carbonyl (C=O) groups excluding carboxylic acids is 2. The maximum absolute atomic E-state index is 13.1. The Labute approximate surface area is 157 Å². The van der Waals surface area contributed by atoms with Crippen molar-refractivity contribution in [3.05, 3.63) is 35.9 Å². The lowest BCUT2D eigenvalue weighted by Gasteiger charge is -2.31. The van der Waals surface area contributed by atoms with Gasteiger partial charge in [0.05, 0.1) is 12.2 Å². The molecule has 0 radical (unpaired) electrons. The average molecular weight is 364 g/mol. The lowest BCUT2D eigenvalue weighted by molar-refractivity contribution is -0.170. The highest BCUT2D eigenvalue weighted by atomic mass is 16.6. The van der Waals surface area contributed by atoms with Crippen LogP contribution in [0.1, 0.15) is 59.4 Å². The Morgan fingerprint density at radius 1 is 0.923 bits per heavy atom. The molecule has 0 bridgehead atoms. The van der Waals surface area contributed by atoms with Gasteiger partial charge < -0.3 is 14.2 Å². The summed E-state index contributed by atoms with van der Waals surface area (Å²) in [5.74, 6) is -1.14. The van der Waals surface area contributed by atoms with Crippen molar-refractivity contribution in [1.82, 2.24) is 0 Å². The molecule has 0 aromatic heterocycles. The van der Waals surface area contributed by atoms with Gasteiger partial charge in [-0.1, -0.05) is 37.3 Å². The molecule has 0 heterocycles. The number of esters is 2. The molecule has 0 aliphatic heterocycles. The fraction of sp³-hybridized carbons (Fsp3) is 0.619. The van der Waals surface area contributed by atoms with E-state index in [0.717, 1.165) is 6.42 Å². The second-order valence-corrected chi connectivity index (χ2v) is 6.90. The van der Waals surface area contributed by atoms with Crippen LogP contribution in [0.5, 0.6) is 0 Å². The van der Waals surface area contributed by atoms with E-state index in [1.165, 1.54) is 0 Å². The molecular formula is C21H32O5. The highest BCUT2D eigenvalue weighted by Gasteiger charge is 2.50. The SMILES string of the molecule is CCCOCCCC(C(=O)OC(C)C)(C(=O)OC(C)C)c1ccccc1. The highest BCUT2D eigenvalue weighted by molar-refractivity contribution is 6.06. The predicted molar refractivity (Wildman–Crippen MR) is 101 cm³/mol. The molecule has 0 saturated heterocycles. The number of hydrogen-bond acceptors (Lipinski definition) is 5. The number of carbonyl (C=O) groups is 2. The minimum Gasteiger partial charge on any atom is -0.462 e. The van der Waals surface area contributed by atoms with Crippen LogP contribution in [0.3, 0.4) is 0 Å². The zero-order valence-electron chi connectivity index (χ0n) is 16.6. The molecule has 5 heteroatoms. The van der Waals surface area contributed by atoms with Crippen LogP contribution in [-0.4, -0.2) is 37.4 Å². The van der Waals surface area contributed by atoms with Gasteiger partial charge in [0.15, 0.2) is 5.41 Å². The lowest BCUT2D eigenvalue weighted by atomic mass is 9.76. The van der Waals surface area contributed by atoms with Crippen molar-refractivity contribution in [1.29, 1.82) is 0 Å². The summed E-state index contributed by atoms with van der Waals surface area (Å²) in [4.78, 5) is 26.1. The minimum atomic E-state index is -1.48. The summed E-state index contributed by atoms with van der Waals surface area (Å²) < 4.78 is 16.5. The Morgan fingerprint density at radius 3 is 1.92 bits per heavy atom. The Bertz CT molecular complexity index is 529. The van der Waals surface area contributed by atoms with Crippen molar-refractivity contribution in [2.75, 3.05) is 13.2 Å². The second-order valence-electron chi connectivity index (χ2n) is 6.90. The molecule has 0 atom stereocenters. The van der Waals surface area contributed by atoms with E-state index in [1.807, 2.05) is 25.1 Å². The fourth-order valence-electron chi connectivity index (χ4n) is 2.71. The summed E-state index contributed by atoms with van der Waals surface area (Å²) in [6.45, 7) is 10.3. The van der Waals surface area contributed by atoms with E-state index in [-0.39, 0.29) is 18.6 Å². The van der Waals surface area contributed by atoms with E-state index in [0.29, 0.717) is 25.2 Å². The van der Waals surface area contributed by atoms with E-state index >= 15 is 0 Å². The Balaban J connectivity index is 3.23. The maximum Gasteiger partial charge on any atom is 0.328 e. The number of benzene rings is 1. The van der Waals surface area contributed by atoms with Gasteiger partial charge in [-0.3, -0.25) is 9.59 Å². The molecule has 5 nitrogen and oxygen atoms in total. The summed E-state index contributed by atoms with van der Waals surface area (Å²) in [6.07, 6.45) is 1.10. The van der Waals surface area contributed by atoms with Gasteiger partial charge >= 0.3 is 11.9 Å². The fourth-order valence-corrected chi connectivity index (χ4v) is 2.71. The van der Waals surface area contributed by atoms with E-state index in [1.54, 1.807) is 39.8 Å². The van der Waals surface area contributed by atoms with Gasteiger partial charge in [-0.25, -0.2) is 0 Å². The van der Waals surface area contributed by atoms with Gasteiger partial charge in [0.25, 0.3) is 0 Å². The van der Waals surface area contributed by atoms with Crippen LogP contribution in [-0.2, 0) is 29.2 Å². The zero-order chi connectivity index (χ0) is 19.6. The average Bonchev–Trinajstić information content (AvgIpc) is 2.57. The summed E-state index contributed by atoms with van der Waals surface area (Å²) in [6, 6.07) is 9.01. The first-order chi connectivity index (χ1) is 12.3. The van der Waals surface area contributed by atoms with E-state index in [4.69, 9.17) is 14.2 Å². The van der Waals surface area contributed by atoms with E-state index in [9.17, 15) is 9.59 Å². The van der Waals surface area contributed by atoms with E-state index in [2.05, 4.69) is 0 Å². The third kappa shape index (κ3) is 6.13. The molecular weight excluding hydrogens is 332 g/mol. The number of ether oxygens (including phenoxy) is 3. The highest BCUT2D eigenvalue weighted by Crippen LogP contribution is 2.34. The third-order valence-electron chi connectivity index (χ3n) is 3.84. The molecule has 0 spiro atoms. The number of hydrogen-bond donors (Lipinski definition) is 0. The molecule has 1 aromatic rings. The van der Waals surface area contributed by atoms with E-state index < -0.39 is 17.4 Å². The molecule has 0 saturated carbocycles. The van der Waals surface area contributed by atoms with Crippen molar-refractivity contribution in [2.24, 2.45) is 0 Å². The quantitative estimate of drug-likeness (QED) is 0.337. The summed E-state index contributed by atoms with van der Waals surface area (Å²) >= 11 is 0. The normalized spacial score (nSPS) is 11.7. The van der Waals surface area contributed by atoms with Gasteiger partial charge in [-0.15, -0.1) is 0 Å². The largest absolute Gasteiger partial charge is 0.462 e. The van der Waals surface area contributed by atoms with Gasteiger partial charge in [0.2, 0.25) is 0 Å². The van der Waals surface area contributed by atoms with Crippen molar-refractivity contribution in [3.8, 4) is 0 Å². The van der Waals surface area contributed by atoms with Crippen LogP contribution in [0.2, 0.25) is 0 Å². The Hall–Kier alpha value is -1.88. The summed E-state index contributed by atoms with van der Waals surface area (Å²) in [5, 5.41) is 0. The second kappa shape index (κ2) is 11.0. The van der Waals surface area contributed by atoms with Crippen LogP contribution in [0, 0.1) is 0 Å². The maximum atomic E-state index is 13.1. The van der Waals surface area contributed by atoms with Crippen molar-refractivity contribution in [2.45, 2.75) is 71.5 Å². The summed E-state index contributed by atoms with van der Waals surface area (Å²) in [5.41, 5.74) is -0.891. The van der Waals surface area contributed by atoms with Crippen LogP contribution in [0.25, 0.3) is 0 Å². The molecule has 0 fully saturated rings. The molecule has 0 amide bonds. The molecule has 1 aromatic carbocycles. The first-order valence-corrected chi connectivity index (χ1v) is 9.40. The van der Waals surface area contributed by atoms with Gasteiger partial charge in [0.1, 0.15) is 0 Å². The molecule has 0 unspecified atom stereocenters. The van der Waals surface area contributed by atoms with Crippen LogP contribution in [0.15, 0.2) is 30.3 Å². The lowest BCUT2D eigenvalue weighted by Crippen LogP contribution is -2.47. The molecule has 146 valence electrons. The van der Waals surface area contributed by atoms with Crippen LogP contribution >= 0.6 is 0 Å². The standard InChI is InChI=1S/C21H32O5/c1-6-14-24-15-10-13-21(19(22)25-16(2)3,20(23)26-17(4)5)18-11-8-7-9-12-18/h7-9,11-12,16-17H,6,10,13-15H2,1-5H3. The van der Waals surface area contributed by atoms with Gasteiger partial charge in [-0.05, 0) is 52.5 Å². The van der Waals surface area contributed by atoms with Crippen molar-refractivity contribution < 1.29 is 23.8 Å². The summed E-state index contributed by atoms with van der Waals surface area (Å²) in [7, 11) is 0. The van der Waals surface area contributed by atoms with Crippen molar-refractivity contribution >= 4 is 11.9 Å². The third-order valence-corrected chi connectivity index (χ3v) is 3.84. The Morgan fingerprint density at radius 2 is 1.46 bits per heavy atom. The predicted octanol–water partition coefficient (Wildman–Crippen LogP) is 4.03. The van der Waals surface area contributed by atoms with Gasteiger partial charge in [0, 0.05) is 13.2 Å². The molecule has 1 rings (SSSR count). The first kappa shape index (κ1) is 22.2. The Kier molecular flexibility index (Phi) is 9.35. The molecule has 0 aliphatic carbocycles. The first-order valence-electron chi connectivity index (χ1n) is 9.40.